The number of aryl methyl sites for hydroxylation is 1. The molecule has 0 spiro atoms. The Morgan fingerprint density at radius 3 is 2.75 bits per heavy atom. The third kappa shape index (κ3) is 2.90. The first kappa shape index (κ1) is 15.1. The summed E-state index contributed by atoms with van der Waals surface area (Å²) in [5.74, 6) is -0.972. The maximum Gasteiger partial charge on any atom is 0.329 e. The highest BCUT2D eigenvalue weighted by Crippen LogP contribution is 2.33. The quantitative estimate of drug-likeness (QED) is 0.886. The van der Waals surface area contributed by atoms with E-state index in [9.17, 15) is 14.7 Å². The molecule has 1 amide bonds. The fraction of sp³-hybridized carbons (Fsp3) is 0.571. The van der Waals surface area contributed by atoms with E-state index in [1.54, 1.807) is 23.9 Å². The zero-order valence-electron chi connectivity index (χ0n) is 11.6. The van der Waals surface area contributed by atoms with Crippen LogP contribution in [0.1, 0.15) is 43.1 Å². The standard InChI is InChI=1S/C14H19BrN2O3/c1-9-4-3-5-14(7-9,13(19)20)16-12(18)11-6-10(15)8-17(11)2/h6,8-9H,3-5,7H2,1-2H3,(H,16,18)(H,19,20). The summed E-state index contributed by atoms with van der Waals surface area (Å²) in [7, 11) is 1.76. The minimum atomic E-state index is -1.13. The molecule has 2 N–H and O–H groups in total. The zero-order valence-corrected chi connectivity index (χ0v) is 13.2. The van der Waals surface area contributed by atoms with Gasteiger partial charge in [-0.25, -0.2) is 4.79 Å². The molecule has 20 heavy (non-hydrogen) atoms. The van der Waals surface area contributed by atoms with Crippen LogP contribution in [0.3, 0.4) is 0 Å². The van der Waals surface area contributed by atoms with Crippen LogP contribution in [-0.4, -0.2) is 27.1 Å². The van der Waals surface area contributed by atoms with Gasteiger partial charge in [-0.2, -0.15) is 0 Å². The minimum Gasteiger partial charge on any atom is -0.480 e. The largest absolute Gasteiger partial charge is 0.480 e. The molecule has 2 unspecified atom stereocenters. The Labute approximate surface area is 126 Å². The molecule has 5 nitrogen and oxygen atoms in total. The van der Waals surface area contributed by atoms with Gasteiger partial charge in [0.25, 0.3) is 5.91 Å². The highest BCUT2D eigenvalue weighted by Gasteiger charge is 2.43. The number of carbonyl (C=O) groups is 2. The van der Waals surface area contributed by atoms with Crippen LogP contribution < -0.4 is 5.32 Å². The predicted octanol–water partition coefficient (Wildman–Crippen LogP) is 2.55. The van der Waals surface area contributed by atoms with Crippen molar-refractivity contribution in [2.45, 2.75) is 38.1 Å². The first-order chi connectivity index (χ1) is 9.34. The van der Waals surface area contributed by atoms with Crippen molar-refractivity contribution in [2.75, 3.05) is 0 Å². The maximum absolute atomic E-state index is 12.3. The number of carbonyl (C=O) groups excluding carboxylic acids is 1. The first-order valence-electron chi connectivity index (χ1n) is 6.72. The lowest BCUT2D eigenvalue weighted by atomic mass is 9.76. The molecule has 1 aliphatic rings. The van der Waals surface area contributed by atoms with E-state index >= 15 is 0 Å². The average molecular weight is 343 g/mol. The molecule has 1 fully saturated rings. The third-order valence-corrected chi connectivity index (χ3v) is 4.40. The van der Waals surface area contributed by atoms with Crippen molar-refractivity contribution in [2.24, 2.45) is 13.0 Å². The Hall–Kier alpha value is -1.30. The fourth-order valence-corrected chi connectivity index (χ4v) is 3.47. The highest BCUT2D eigenvalue weighted by atomic mass is 79.9. The summed E-state index contributed by atoms with van der Waals surface area (Å²) < 4.78 is 2.48. The van der Waals surface area contributed by atoms with E-state index in [2.05, 4.69) is 21.2 Å². The molecule has 1 heterocycles. The third-order valence-electron chi connectivity index (χ3n) is 3.96. The summed E-state index contributed by atoms with van der Waals surface area (Å²) in [6.07, 6.45) is 4.58. The minimum absolute atomic E-state index is 0.306. The van der Waals surface area contributed by atoms with E-state index in [4.69, 9.17) is 0 Å². The van der Waals surface area contributed by atoms with Gasteiger partial charge in [0.2, 0.25) is 0 Å². The lowest BCUT2D eigenvalue weighted by Crippen LogP contribution is -2.57. The van der Waals surface area contributed by atoms with E-state index in [0.717, 1.165) is 17.3 Å². The summed E-state index contributed by atoms with van der Waals surface area (Å²) in [6.45, 7) is 2.03. The second kappa shape index (κ2) is 5.60. The molecule has 110 valence electrons. The van der Waals surface area contributed by atoms with Crippen LogP contribution in [0.25, 0.3) is 0 Å². The van der Waals surface area contributed by atoms with E-state index in [0.29, 0.717) is 24.5 Å². The van der Waals surface area contributed by atoms with Gasteiger partial charge >= 0.3 is 5.97 Å². The van der Waals surface area contributed by atoms with Gasteiger partial charge in [0, 0.05) is 17.7 Å². The van der Waals surface area contributed by atoms with Crippen LogP contribution in [0, 0.1) is 5.92 Å². The van der Waals surface area contributed by atoms with E-state index in [1.165, 1.54) is 0 Å². The molecule has 0 radical (unpaired) electrons. The number of rotatable bonds is 3. The number of aromatic nitrogens is 1. The Bertz CT molecular complexity index is 541. The van der Waals surface area contributed by atoms with Crippen LogP contribution in [0.15, 0.2) is 16.7 Å². The van der Waals surface area contributed by atoms with Gasteiger partial charge in [-0.15, -0.1) is 0 Å². The number of nitrogens with zero attached hydrogens (tertiary/aromatic N) is 1. The van der Waals surface area contributed by atoms with E-state index in [-0.39, 0.29) is 5.91 Å². The van der Waals surface area contributed by atoms with Gasteiger partial charge in [-0.3, -0.25) is 4.79 Å². The summed E-state index contributed by atoms with van der Waals surface area (Å²) in [4.78, 5) is 24.0. The van der Waals surface area contributed by atoms with Crippen LogP contribution in [-0.2, 0) is 11.8 Å². The van der Waals surface area contributed by atoms with E-state index in [1.807, 2.05) is 6.92 Å². The molecule has 1 saturated carbocycles. The molecular weight excluding hydrogens is 324 g/mol. The fourth-order valence-electron chi connectivity index (χ4n) is 2.94. The van der Waals surface area contributed by atoms with Crippen molar-refractivity contribution in [1.82, 2.24) is 9.88 Å². The number of nitrogens with one attached hydrogen (secondary N) is 1. The lowest BCUT2D eigenvalue weighted by Gasteiger charge is -2.37. The summed E-state index contributed by atoms with van der Waals surface area (Å²) in [6, 6.07) is 1.69. The van der Waals surface area contributed by atoms with Crippen LogP contribution >= 0.6 is 15.9 Å². The van der Waals surface area contributed by atoms with Crippen LogP contribution in [0.5, 0.6) is 0 Å². The number of hydrogen-bond acceptors (Lipinski definition) is 2. The number of carboxylic acid groups (broad SMARTS) is 1. The molecule has 6 heteroatoms. The summed E-state index contributed by atoms with van der Waals surface area (Å²) in [5, 5.41) is 12.3. The highest BCUT2D eigenvalue weighted by molar-refractivity contribution is 9.10. The van der Waals surface area contributed by atoms with Crippen LogP contribution in [0.4, 0.5) is 0 Å². The Morgan fingerprint density at radius 1 is 1.55 bits per heavy atom. The van der Waals surface area contributed by atoms with E-state index < -0.39 is 11.5 Å². The summed E-state index contributed by atoms with van der Waals surface area (Å²) >= 11 is 3.31. The second-order valence-corrected chi connectivity index (χ2v) is 6.61. The van der Waals surface area contributed by atoms with Gasteiger partial charge in [-0.05, 0) is 40.8 Å². The van der Waals surface area contributed by atoms with Crippen molar-refractivity contribution in [3.8, 4) is 0 Å². The van der Waals surface area contributed by atoms with Crippen molar-refractivity contribution in [3.05, 3.63) is 22.4 Å². The molecular formula is C14H19BrN2O3. The number of halogens is 1. The molecule has 2 rings (SSSR count). The molecule has 1 aromatic heterocycles. The monoisotopic (exact) mass is 342 g/mol. The van der Waals surface area contributed by atoms with Crippen molar-refractivity contribution >= 4 is 27.8 Å². The van der Waals surface area contributed by atoms with Crippen molar-refractivity contribution < 1.29 is 14.7 Å². The molecule has 0 aliphatic heterocycles. The second-order valence-electron chi connectivity index (χ2n) is 5.70. The van der Waals surface area contributed by atoms with Gasteiger partial charge in [-0.1, -0.05) is 19.8 Å². The number of carboxylic acids is 1. The molecule has 0 saturated heterocycles. The van der Waals surface area contributed by atoms with Gasteiger partial charge < -0.3 is 15.0 Å². The number of hydrogen-bond donors (Lipinski definition) is 2. The Balaban J connectivity index is 2.22. The molecule has 1 aromatic rings. The van der Waals surface area contributed by atoms with Gasteiger partial charge in [0.05, 0.1) is 0 Å². The van der Waals surface area contributed by atoms with Gasteiger partial charge in [0.15, 0.2) is 0 Å². The van der Waals surface area contributed by atoms with Crippen LogP contribution in [0.2, 0.25) is 0 Å². The maximum atomic E-state index is 12.3. The van der Waals surface area contributed by atoms with Gasteiger partial charge in [0.1, 0.15) is 11.2 Å². The topological polar surface area (TPSA) is 71.3 Å². The SMILES string of the molecule is CC1CCCC(NC(=O)c2cc(Br)cn2C)(C(=O)O)C1. The lowest BCUT2D eigenvalue weighted by molar-refractivity contribution is -0.146. The predicted molar refractivity (Wildman–Crippen MR) is 78.6 cm³/mol. The number of amides is 1. The first-order valence-corrected chi connectivity index (χ1v) is 7.51. The normalized spacial score (nSPS) is 26.2. The Kier molecular flexibility index (Phi) is 4.22. The molecule has 0 bridgehead atoms. The smallest absolute Gasteiger partial charge is 0.329 e. The van der Waals surface area contributed by atoms with Crippen molar-refractivity contribution in [1.29, 1.82) is 0 Å². The molecule has 0 aromatic carbocycles. The molecule has 1 aliphatic carbocycles. The average Bonchev–Trinajstić information content (AvgIpc) is 2.68. The van der Waals surface area contributed by atoms with Crippen molar-refractivity contribution in [3.63, 3.8) is 0 Å². The summed E-state index contributed by atoms with van der Waals surface area (Å²) in [5.41, 5.74) is -0.679. The number of aliphatic carboxylic acids is 1. The zero-order chi connectivity index (χ0) is 14.9. The molecule has 2 atom stereocenters. The Morgan fingerprint density at radius 2 is 2.25 bits per heavy atom.